The maximum atomic E-state index is 5.48. The van der Waals surface area contributed by atoms with Crippen LogP contribution in [0.2, 0.25) is 0 Å². The Morgan fingerprint density at radius 3 is 2.69 bits per heavy atom. The molecular formula is C11H24N2. The zero-order chi connectivity index (χ0) is 9.73. The fraction of sp³-hybridized carbons (Fsp3) is 1.00. The van der Waals surface area contributed by atoms with Crippen LogP contribution in [0, 0.1) is 5.41 Å². The van der Waals surface area contributed by atoms with Gasteiger partial charge in [-0.25, -0.2) is 0 Å². The van der Waals surface area contributed by atoms with E-state index in [1.807, 2.05) is 0 Å². The van der Waals surface area contributed by atoms with Gasteiger partial charge in [0, 0.05) is 6.54 Å². The Labute approximate surface area is 82.5 Å². The van der Waals surface area contributed by atoms with Crippen molar-refractivity contribution in [3.05, 3.63) is 0 Å². The standard InChI is InChI=1S/C11H24N2/c1-11(2)6-5-9-13(10-11)8-4-3-7-12/h3-10,12H2,1-2H3. The summed E-state index contributed by atoms with van der Waals surface area (Å²) in [5.74, 6) is 0. The molecule has 2 nitrogen and oxygen atoms in total. The van der Waals surface area contributed by atoms with Gasteiger partial charge in [0.1, 0.15) is 0 Å². The number of unbranched alkanes of at least 4 members (excludes halogenated alkanes) is 1. The molecule has 2 heteroatoms. The molecule has 1 rings (SSSR count). The molecule has 0 radical (unpaired) electrons. The second kappa shape index (κ2) is 4.97. The predicted octanol–water partition coefficient (Wildman–Crippen LogP) is 1.85. The molecule has 0 aromatic carbocycles. The molecule has 0 amide bonds. The normalized spacial score (nSPS) is 23.3. The number of hydrogen-bond acceptors (Lipinski definition) is 2. The van der Waals surface area contributed by atoms with Crippen LogP contribution >= 0.6 is 0 Å². The molecule has 0 spiro atoms. The van der Waals surface area contributed by atoms with Crippen molar-refractivity contribution in [2.24, 2.45) is 11.1 Å². The van der Waals surface area contributed by atoms with Crippen LogP contribution in [0.5, 0.6) is 0 Å². The monoisotopic (exact) mass is 184 g/mol. The van der Waals surface area contributed by atoms with E-state index in [-0.39, 0.29) is 0 Å². The van der Waals surface area contributed by atoms with Crippen LogP contribution in [0.1, 0.15) is 39.5 Å². The van der Waals surface area contributed by atoms with Crippen LogP contribution in [-0.4, -0.2) is 31.1 Å². The quantitative estimate of drug-likeness (QED) is 0.676. The summed E-state index contributed by atoms with van der Waals surface area (Å²) in [6, 6.07) is 0. The van der Waals surface area contributed by atoms with Crippen molar-refractivity contribution in [1.29, 1.82) is 0 Å². The summed E-state index contributed by atoms with van der Waals surface area (Å²) in [7, 11) is 0. The van der Waals surface area contributed by atoms with E-state index in [0.29, 0.717) is 5.41 Å². The van der Waals surface area contributed by atoms with E-state index in [1.54, 1.807) is 0 Å². The molecule has 0 aromatic rings. The molecule has 13 heavy (non-hydrogen) atoms. The molecule has 1 fully saturated rings. The zero-order valence-electron chi connectivity index (χ0n) is 9.18. The Morgan fingerprint density at radius 1 is 1.31 bits per heavy atom. The first-order valence-electron chi connectivity index (χ1n) is 5.56. The lowest BCUT2D eigenvalue weighted by atomic mass is 9.84. The molecule has 0 saturated carbocycles. The molecule has 0 atom stereocenters. The number of likely N-dealkylation sites (tertiary alicyclic amines) is 1. The average molecular weight is 184 g/mol. The molecular weight excluding hydrogens is 160 g/mol. The Bertz CT molecular complexity index is 143. The molecule has 0 aromatic heterocycles. The second-order valence-corrected chi connectivity index (χ2v) is 5.04. The third kappa shape index (κ3) is 4.10. The van der Waals surface area contributed by atoms with Gasteiger partial charge < -0.3 is 10.6 Å². The fourth-order valence-corrected chi connectivity index (χ4v) is 2.22. The van der Waals surface area contributed by atoms with E-state index in [9.17, 15) is 0 Å². The summed E-state index contributed by atoms with van der Waals surface area (Å²) in [5.41, 5.74) is 6.02. The van der Waals surface area contributed by atoms with E-state index < -0.39 is 0 Å². The van der Waals surface area contributed by atoms with Crippen LogP contribution in [0.25, 0.3) is 0 Å². The maximum Gasteiger partial charge on any atom is 0.00327 e. The van der Waals surface area contributed by atoms with Gasteiger partial charge >= 0.3 is 0 Å². The lowest BCUT2D eigenvalue weighted by Crippen LogP contribution is -2.40. The highest BCUT2D eigenvalue weighted by molar-refractivity contribution is 4.79. The Kier molecular flexibility index (Phi) is 4.20. The first-order valence-corrected chi connectivity index (χ1v) is 5.56. The summed E-state index contributed by atoms with van der Waals surface area (Å²) in [6.45, 7) is 9.42. The Morgan fingerprint density at radius 2 is 2.08 bits per heavy atom. The fourth-order valence-electron chi connectivity index (χ4n) is 2.22. The third-order valence-electron chi connectivity index (χ3n) is 2.91. The second-order valence-electron chi connectivity index (χ2n) is 5.04. The van der Waals surface area contributed by atoms with Crippen molar-refractivity contribution in [3.8, 4) is 0 Å². The predicted molar refractivity (Wildman–Crippen MR) is 57.7 cm³/mol. The van der Waals surface area contributed by atoms with Crippen molar-refractivity contribution in [3.63, 3.8) is 0 Å². The van der Waals surface area contributed by atoms with Gasteiger partial charge in [0.05, 0.1) is 0 Å². The SMILES string of the molecule is CC1(C)CCCN(CCCCN)C1. The molecule has 1 saturated heterocycles. The highest BCUT2D eigenvalue weighted by Gasteiger charge is 2.25. The Balaban J connectivity index is 2.19. The van der Waals surface area contributed by atoms with E-state index in [0.717, 1.165) is 6.54 Å². The van der Waals surface area contributed by atoms with Crippen LogP contribution in [-0.2, 0) is 0 Å². The zero-order valence-corrected chi connectivity index (χ0v) is 9.18. The van der Waals surface area contributed by atoms with Gasteiger partial charge in [-0.05, 0) is 50.7 Å². The summed E-state index contributed by atoms with van der Waals surface area (Å²) >= 11 is 0. The van der Waals surface area contributed by atoms with Crippen LogP contribution in [0.3, 0.4) is 0 Å². The van der Waals surface area contributed by atoms with E-state index in [4.69, 9.17) is 5.73 Å². The first kappa shape index (κ1) is 11.0. The summed E-state index contributed by atoms with van der Waals surface area (Å²) in [5, 5.41) is 0. The van der Waals surface area contributed by atoms with Gasteiger partial charge in [-0.2, -0.15) is 0 Å². The minimum atomic E-state index is 0.543. The van der Waals surface area contributed by atoms with Gasteiger partial charge in [-0.1, -0.05) is 13.8 Å². The smallest absolute Gasteiger partial charge is 0.00327 e. The minimum Gasteiger partial charge on any atom is -0.330 e. The lowest BCUT2D eigenvalue weighted by Gasteiger charge is -2.38. The molecule has 1 heterocycles. The summed E-state index contributed by atoms with van der Waals surface area (Å²) in [4.78, 5) is 2.60. The summed E-state index contributed by atoms with van der Waals surface area (Å²) < 4.78 is 0. The van der Waals surface area contributed by atoms with Crippen molar-refractivity contribution in [2.45, 2.75) is 39.5 Å². The van der Waals surface area contributed by atoms with Crippen LogP contribution < -0.4 is 5.73 Å². The highest BCUT2D eigenvalue weighted by Crippen LogP contribution is 2.28. The molecule has 0 aliphatic carbocycles. The van der Waals surface area contributed by atoms with Crippen LogP contribution in [0.4, 0.5) is 0 Å². The van der Waals surface area contributed by atoms with Gasteiger partial charge in [-0.15, -0.1) is 0 Å². The maximum absolute atomic E-state index is 5.48. The molecule has 0 bridgehead atoms. The van der Waals surface area contributed by atoms with Gasteiger partial charge in [0.25, 0.3) is 0 Å². The minimum absolute atomic E-state index is 0.543. The Hall–Kier alpha value is -0.0800. The van der Waals surface area contributed by atoms with Crippen molar-refractivity contribution < 1.29 is 0 Å². The number of hydrogen-bond donors (Lipinski definition) is 1. The summed E-state index contributed by atoms with van der Waals surface area (Å²) in [6.07, 6.45) is 5.21. The van der Waals surface area contributed by atoms with E-state index >= 15 is 0 Å². The lowest BCUT2D eigenvalue weighted by molar-refractivity contribution is 0.116. The van der Waals surface area contributed by atoms with Crippen molar-refractivity contribution >= 4 is 0 Å². The topological polar surface area (TPSA) is 29.3 Å². The van der Waals surface area contributed by atoms with Crippen molar-refractivity contribution in [2.75, 3.05) is 26.2 Å². The van der Waals surface area contributed by atoms with Gasteiger partial charge in [-0.3, -0.25) is 0 Å². The third-order valence-corrected chi connectivity index (χ3v) is 2.91. The largest absolute Gasteiger partial charge is 0.330 e. The average Bonchev–Trinajstić information content (AvgIpc) is 2.03. The number of nitrogens with two attached hydrogens (primary N) is 1. The van der Waals surface area contributed by atoms with Crippen molar-refractivity contribution in [1.82, 2.24) is 4.90 Å². The van der Waals surface area contributed by atoms with Gasteiger partial charge in [0.15, 0.2) is 0 Å². The number of nitrogens with zero attached hydrogens (tertiary/aromatic N) is 1. The molecule has 2 N–H and O–H groups in total. The molecule has 1 aliphatic heterocycles. The van der Waals surface area contributed by atoms with E-state index in [1.165, 1.54) is 45.3 Å². The van der Waals surface area contributed by atoms with Gasteiger partial charge in [0.2, 0.25) is 0 Å². The molecule has 1 aliphatic rings. The highest BCUT2D eigenvalue weighted by atomic mass is 15.1. The first-order chi connectivity index (χ1) is 6.14. The van der Waals surface area contributed by atoms with Crippen LogP contribution in [0.15, 0.2) is 0 Å². The number of piperidine rings is 1. The molecule has 0 unspecified atom stereocenters. The number of rotatable bonds is 4. The van der Waals surface area contributed by atoms with E-state index in [2.05, 4.69) is 18.7 Å². The molecule has 78 valence electrons.